The van der Waals surface area contributed by atoms with Gasteiger partial charge in [-0.3, -0.25) is 4.90 Å². The molecule has 0 spiro atoms. The van der Waals surface area contributed by atoms with E-state index < -0.39 is 0 Å². The topological polar surface area (TPSA) is 48.1 Å². The van der Waals surface area contributed by atoms with Crippen molar-refractivity contribution < 1.29 is 0 Å². The van der Waals surface area contributed by atoms with Crippen molar-refractivity contribution in [3.8, 4) is 0 Å². The summed E-state index contributed by atoms with van der Waals surface area (Å²) in [7, 11) is 0. The summed E-state index contributed by atoms with van der Waals surface area (Å²) in [5, 5.41) is 1.15. The maximum atomic E-state index is 4.54. The number of fused-ring (bicyclic) bond motifs is 1. The Morgan fingerprint density at radius 3 is 2.81 bits per heavy atom. The maximum Gasteiger partial charge on any atom is 0.142 e. The average molecular weight is 285 g/mol. The second-order valence-corrected chi connectivity index (χ2v) is 6.25. The number of aromatic nitrogens is 3. The van der Waals surface area contributed by atoms with Gasteiger partial charge in [0.1, 0.15) is 17.8 Å². The number of nitrogens with zero attached hydrogens (tertiary/aromatic N) is 4. The van der Waals surface area contributed by atoms with Crippen molar-refractivity contribution in [3.05, 3.63) is 18.6 Å². The molecule has 0 radical (unpaired) electrons. The molecule has 0 aromatic carbocycles. The summed E-state index contributed by atoms with van der Waals surface area (Å²) >= 11 is 0. The smallest absolute Gasteiger partial charge is 0.142 e. The SMILES string of the molecule is c1nc(N2CCCN(C3CCCC3)CC2)c2cc[nH]c2n1. The molecule has 5 nitrogen and oxygen atoms in total. The molecule has 2 aliphatic rings. The lowest BCUT2D eigenvalue weighted by atomic mass is 10.2. The second kappa shape index (κ2) is 5.64. The highest BCUT2D eigenvalue weighted by Gasteiger charge is 2.25. The maximum absolute atomic E-state index is 4.54. The van der Waals surface area contributed by atoms with Crippen LogP contribution in [0, 0.1) is 0 Å². The van der Waals surface area contributed by atoms with Crippen molar-refractivity contribution in [1.29, 1.82) is 0 Å². The average Bonchev–Trinajstić information content (AvgIpc) is 3.14. The molecule has 1 N–H and O–H groups in total. The number of H-pyrrole nitrogens is 1. The summed E-state index contributed by atoms with van der Waals surface area (Å²) in [6.07, 6.45) is 10.5. The number of hydrogen-bond donors (Lipinski definition) is 1. The first-order valence-electron chi connectivity index (χ1n) is 8.19. The fraction of sp³-hybridized carbons (Fsp3) is 0.625. The second-order valence-electron chi connectivity index (χ2n) is 6.25. The number of hydrogen-bond acceptors (Lipinski definition) is 4. The Morgan fingerprint density at radius 2 is 1.90 bits per heavy atom. The lowest BCUT2D eigenvalue weighted by Gasteiger charge is -2.27. The number of aromatic amines is 1. The van der Waals surface area contributed by atoms with E-state index in [4.69, 9.17) is 0 Å². The minimum atomic E-state index is 0.836. The number of rotatable bonds is 2. The first-order valence-corrected chi connectivity index (χ1v) is 8.19. The van der Waals surface area contributed by atoms with Crippen LogP contribution in [0.25, 0.3) is 11.0 Å². The predicted octanol–water partition coefficient (Wildman–Crippen LogP) is 2.41. The molecule has 0 unspecified atom stereocenters. The Labute approximate surface area is 125 Å². The van der Waals surface area contributed by atoms with Gasteiger partial charge in [0.2, 0.25) is 0 Å². The van der Waals surface area contributed by atoms with Gasteiger partial charge in [0, 0.05) is 38.4 Å². The zero-order valence-corrected chi connectivity index (χ0v) is 12.5. The molecule has 0 bridgehead atoms. The Morgan fingerprint density at radius 1 is 1.00 bits per heavy atom. The first kappa shape index (κ1) is 13.1. The van der Waals surface area contributed by atoms with Crippen molar-refractivity contribution >= 4 is 16.9 Å². The van der Waals surface area contributed by atoms with E-state index in [2.05, 4.69) is 30.8 Å². The lowest BCUT2D eigenvalue weighted by molar-refractivity contribution is 0.213. The van der Waals surface area contributed by atoms with Crippen LogP contribution in [-0.2, 0) is 0 Å². The molecule has 1 saturated heterocycles. The zero-order chi connectivity index (χ0) is 14.1. The van der Waals surface area contributed by atoms with Gasteiger partial charge in [-0.05, 0) is 25.3 Å². The van der Waals surface area contributed by atoms with E-state index in [1.165, 1.54) is 45.2 Å². The molecule has 21 heavy (non-hydrogen) atoms. The molecule has 1 aliphatic carbocycles. The van der Waals surface area contributed by atoms with Crippen LogP contribution in [0.4, 0.5) is 5.82 Å². The Kier molecular flexibility index (Phi) is 3.51. The van der Waals surface area contributed by atoms with E-state index in [0.29, 0.717) is 0 Å². The zero-order valence-electron chi connectivity index (χ0n) is 12.5. The molecule has 0 amide bonds. The molecule has 2 aromatic rings. The van der Waals surface area contributed by atoms with Gasteiger partial charge in [0.05, 0.1) is 5.39 Å². The molecule has 2 fully saturated rings. The van der Waals surface area contributed by atoms with E-state index >= 15 is 0 Å². The Hall–Kier alpha value is -1.62. The predicted molar refractivity (Wildman–Crippen MR) is 84.5 cm³/mol. The minimum absolute atomic E-state index is 0.836. The van der Waals surface area contributed by atoms with E-state index in [0.717, 1.165) is 36.0 Å². The third-order valence-corrected chi connectivity index (χ3v) is 5.00. The normalized spacial score (nSPS) is 22.0. The van der Waals surface area contributed by atoms with Crippen molar-refractivity contribution in [1.82, 2.24) is 19.9 Å². The third kappa shape index (κ3) is 2.50. The van der Waals surface area contributed by atoms with Gasteiger partial charge in [-0.15, -0.1) is 0 Å². The fourth-order valence-corrected chi connectivity index (χ4v) is 3.89. The molecule has 0 atom stereocenters. The monoisotopic (exact) mass is 285 g/mol. The molecule has 112 valence electrons. The number of nitrogens with one attached hydrogen (secondary N) is 1. The molecule has 2 aromatic heterocycles. The summed E-state index contributed by atoms with van der Waals surface area (Å²) in [6.45, 7) is 4.58. The largest absolute Gasteiger partial charge is 0.355 e. The molecule has 1 saturated carbocycles. The van der Waals surface area contributed by atoms with Crippen LogP contribution in [0.2, 0.25) is 0 Å². The van der Waals surface area contributed by atoms with Crippen molar-refractivity contribution in [2.45, 2.75) is 38.1 Å². The van der Waals surface area contributed by atoms with Gasteiger partial charge in [-0.2, -0.15) is 0 Å². The number of anilines is 1. The summed E-state index contributed by atoms with van der Waals surface area (Å²) in [4.78, 5) is 17.2. The highest BCUT2D eigenvalue weighted by atomic mass is 15.3. The Balaban J connectivity index is 1.52. The fourth-order valence-electron chi connectivity index (χ4n) is 3.89. The van der Waals surface area contributed by atoms with Gasteiger partial charge in [-0.1, -0.05) is 12.8 Å². The van der Waals surface area contributed by atoms with Crippen LogP contribution in [0.1, 0.15) is 32.1 Å². The van der Waals surface area contributed by atoms with Crippen LogP contribution < -0.4 is 4.90 Å². The summed E-state index contributed by atoms with van der Waals surface area (Å²) < 4.78 is 0. The van der Waals surface area contributed by atoms with E-state index in [-0.39, 0.29) is 0 Å². The van der Waals surface area contributed by atoms with Crippen molar-refractivity contribution in [2.75, 3.05) is 31.1 Å². The van der Waals surface area contributed by atoms with Crippen molar-refractivity contribution in [3.63, 3.8) is 0 Å². The standard InChI is InChI=1S/C16H23N5/c1-2-5-13(4-1)20-8-3-9-21(11-10-20)16-14-6-7-17-15(14)18-12-19-16/h6-7,12-13H,1-5,8-11H2,(H,17,18,19). The first-order chi connectivity index (χ1) is 10.4. The summed E-state index contributed by atoms with van der Waals surface area (Å²) in [6, 6.07) is 2.92. The quantitative estimate of drug-likeness (QED) is 0.920. The van der Waals surface area contributed by atoms with Crippen LogP contribution in [0.15, 0.2) is 18.6 Å². The van der Waals surface area contributed by atoms with Gasteiger partial charge < -0.3 is 9.88 Å². The lowest BCUT2D eigenvalue weighted by Crippen LogP contribution is -2.37. The van der Waals surface area contributed by atoms with Crippen LogP contribution in [0.3, 0.4) is 0 Å². The highest BCUT2D eigenvalue weighted by Crippen LogP contribution is 2.26. The van der Waals surface area contributed by atoms with E-state index in [1.54, 1.807) is 6.33 Å². The molecular formula is C16H23N5. The van der Waals surface area contributed by atoms with Crippen molar-refractivity contribution in [2.24, 2.45) is 0 Å². The van der Waals surface area contributed by atoms with Gasteiger partial charge in [0.25, 0.3) is 0 Å². The molecule has 3 heterocycles. The molecular weight excluding hydrogens is 262 g/mol. The summed E-state index contributed by atoms with van der Waals surface area (Å²) in [5.74, 6) is 1.09. The summed E-state index contributed by atoms with van der Waals surface area (Å²) in [5.41, 5.74) is 0.942. The highest BCUT2D eigenvalue weighted by molar-refractivity contribution is 5.87. The van der Waals surface area contributed by atoms with Crippen LogP contribution >= 0.6 is 0 Å². The molecule has 4 rings (SSSR count). The van der Waals surface area contributed by atoms with Crippen LogP contribution in [0.5, 0.6) is 0 Å². The van der Waals surface area contributed by atoms with Gasteiger partial charge >= 0.3 is 0 Å². The van der Waals surface area contributed by atoms with Gasteiger partial charge in [0.15, 0.2) is 0 Å². The van der Waals surface area contributed by atoms with Crippen LogP contribution in [-0.4, -0.2) is 52.1 Å². The molecule has 1 aliphatic heterocycles. The Bertz CT molecular complexity index is 601. The molecule has 5 heteroatoms. The van der Waals surface area contributed by atoms with Gasteiger partial charge in [-0.25, -0.2) is 9.97 Å². The van der Waals surface area contributed by atoms with E-state index in [9.17, 15) is 0 Å². The third-order valence-electron chi connectivity index (χ3n) is 5.00. The minimum Gasteiger partial charge on any atom is -0.355 e. The van der Waals surface area contributed by atoms with E-state index in [1.807, 2.05) is 6.20 Å².